The van der Waals surface area contributed by atoms with Crippen LogP contribution in [0.4, 0.5) is 13.2 Å². The Morgan fingerprint density at radius 2 is 1.71 bits per heavy atom. The van der Waals surface area contributed by atoms with Crippen LogP contribution in [0.15, 0.2) is 43.0 Å². The molecule has 1 saturated carbocycles. The van der Waals surface area contributed by atoms with Gasteiger partial charge in [-0.2, -0.15) is 4.39 Å². The molecular formula is C24H27F3O. The lowest BCUT2D eigenvalue weighted by molar-refractivity contribution is 0.289. The summed E-state index contributed by atoms with van der Waals surface area (Å²) in [6.07, 6.45) is 6.46. The lowest BCUT2D eigenvalue weighted by atomic mass is 9.76. The molecular weight excluding hydrogens is 361 g/mol. The molecule has 1 fully saturated rings. The van der Waals surface area contributed by atoms with E-state index in [9.17, 15) is 13.2 Å². The van der Waals surface area contributed by atoms with Crippen molar-refractivity contribution in [3.05, 3.63) is 77.1 Å². The first-order valence-corrected chi connectivity index (χ1v) is 9.99. The van der Waals surface area contributed by atoms with E-state index < -0.39 is 11.6 Å². The second-order valence-corrected chi connectivity index (χ2v) is 7.62. The number of hydrogen-bond acceptors (Lipinski definition) is 1. The summed E-state index contributed by atoms with van der Waals surface area (Å²) in [4.78, 5) is 0. The number of hydrogen-bond donors (Lipinski definition) is 0. The zero-order valence-electron chi connectivity index (χ0n) is 16.3. The van der Waals surface area contributed by atoms with Crippen molar-refractivity contribution in [1.82, 2.24) is 0 Å². The van der Waals surface area contributed by atoms with E-state index in [0.717, 1.165) is 44.1 Å². The number of unbranched alkanes of at least 4 members (excludes halogenated alkanes) is 1. The largest absolute Gasteiger partial charge is 0.490 e. The Labute approximate surface area is 165 Å². The molecule has 150 valence electrons. The fourth-order valence-electron chi connectivity index (χ4n) is 3.98. The summed E-state index contributed by atoms with van der Waals surface area (Å²) >= 11 is 0. The molecule has 1 aliphatic rings. The topological polar surface area (TPSA) is 9.23 Å². The number of rotatable bonds is 7. The van der Waals surface area contributed by atoms with Gasteiger partial charge in [0.05, 0.1) is 6.61 Å². The molecule has 3 rings (SSSR count). The molecule has 0 bridgehead atoms. The SMILES string of the molecule is C=CCCCOc1ccc(C2CCC(c3ccc(C)c(F)c3)CC2)c(F)c1F. The Morgan fingerprint density at radius 3 is 2.39 bits per heavy atom. The molecule has 0 aliphatic heterocycles. The molecule has 28 heavy (non-hydrogen) atoms. The summed E-state index contributed by atoms with van der Waals surface area (Å²) in [6, 6.07) is 8.57. The van der Waals surface area contributed by atoms with Gasteiger partial charge in [-0.05, 0) is 86.1 Å². The molecule has 0 aromatic heterocycles. The van der Waals surface area contributed by atoms with Crippen LogP contribution in [-0.2, 0) is 0 Å². The third-order valence-corrected chi connectivity index (χ3v) is 5.72. The molecule has 2 aromatic rings. The normalized spacial score (nSPS) is 19.4. The molecule has 2 aromatic carbocycles. The Morgan fingerprint density at radius 1 is 1.00 bits per heavy atom. The summed E-state index contributed by atoms with van der Waals surface area (Å²) in [5.74, 6) is -1.67. The Bertz CT molecular complexity index is 823. The van der Waals surface area contributed by atoms with E-state index in [0.29, 0.717) is 17.7 Å². The molecule has 0 amide bonds. The fourth-order valence-corrected chi connectivity index (χ4v) is 3.98. The molecule has 0 N–H and O–H groups in total. The van der Waals surface area contributed by atoms with Crippen LogP contribution in [0.5, 0.6) is 5.75 Å². The van der Waals surface area contributed by atoms with Gasteiger partial charge in [0.2, 0.25) is 5.82 Å². The Hall–Kier alpha value is -2.23. The van der Waals surface area contributed by atoms with Crippen LogP contribution >= 0.6 is 0 Å². The zero-order chi connectivity index (χ0) is 20.1. The van der Waals surface area contributed by atoms with Crippen LogP contribution in [0.3, 0.4) is 0 Å². The molecule has 1 aliphatic carbocycles. The predicted octanol–water partition coefficient (Wildman–Crippen LogP) is 7.20. The van der Waals surface area contributed by atoms with Crippen LogP contribution in [0.2, 0.25) is 0 Å². The zero-order valence-corrected chi connectivity index (χ0v) is 16.3. The van der Waals surface area contributed by atoms with E-state index >= 15 is 0 Å². The van der Waals surface area contributed by atoms with Crippen LogP contribution in [0, 0.1) is 24.4 Å². The standard InChI is InChI=1S/C24H27F3O/c1-3-4-5-14-28-22-13-12-20(23(26)24(22)27)18-10-8-17(9-11-18)19-7-6-16(2)21(25)15-19/h3,6-7,12-13,15,17-18H,1,4-5,8-11,14H2,2H3. The lowest BCUT2D eigenvalue weighted by Gasteiger charge is -2.29. The van der Waals surface area contributed by atoms with Gasteiger partial charge in [0.25, 0.3) is 0 Å². The van der Waals surface area contributed by atoms with E-state index in [1.807, 2.05) is 6.07 Å². The van der Waals surface area contributed by atoms with E-state index in [2.05, 4.69) is 6.58 Å². The molecule has 0 unspecified atom stereocenters. The van der Waals surface area contributed by atoms with Gasteiger partial charge in [-0.3, -0.25) is 0 Å². The highest BCUT2D eigenvalue weighted by atomic mass is 19.2. The third kappa shape index (κ3) is 4.60. The van der Waals surface area contributed by atoms with E-state index in [-0.39, 0.29) is 23.4 Å². The smallest absolute Gasteiger partial charge is 0.200 e. The second kappa shape index (κ2) is 9.31. The van der Waals surface area contributed by atoms with Crippen molar-refractivity contribution in [3.63, 3.8) is 0 Å². The summed E-state index contributed by atoms with van der Waals surface area (Å²) in [5, 5.41) is 0. The van der Waals surface area contributed by atoms with Crippen molar-refractivity contribution in [2.75, 3.05) is 6.61 Å². The minimum atomic E-state index is -0.904. The fraction of sp³-hybridized carbons (Fsp3) is 0.417. The molecule has 0 radical (unpaired) electrons. The lowest BCUT2D eigenvalue weighted by Crippen LogP contribution is -2.14. The summed E-state index contributed by atoms with van der Waals surface area (Å²) < 4.78 is 48.2. The molecule has 0 spiro atoms. The van der Waals surface area contributed by atoms with Gasteiger partial charge >= 0.3 is 0 Å². The molecule has 1 nitrogen and oxygen atoms in total. The van der Waals surface area contributed by atoms with Crippen molar-refractivity contribution in [1.29, 1.82) is 0 Å². The summed E-state index contributed by atoms with van der Waals surface area (Å²) in [6.45, 7) is 5.71. The minimum absolute atomic E-state index is 0.0177. The van der Waals surface area contributed by atoms with Crippen molar-refractivity contribution in [2.45, 2.75) is 57.3 Å². The average molecular weight is 388 g/mol. The van der Waals surface area contributed by atoms with Crippen molar-refractivity contribution >= 4 is 0 Å². The molecule has 0 heterocycles. The maximum Gasteiger partial charge on any atom is 0.200 e. The number of allylic oxidation sites excluding steroid dienone is 1. The second-order valence-electron chi connectivity index (χ2n) is 7.62. The minimum Gasteiger partial charge on any atom is -0.490 e. The summed E-state index contributed by atoms with van der Waals surface area (Å²) in [5.41, 5.74) is 2.06. The predicted molar refractivity (Wildman–Crippen MR) is 106 cm³/mol. The van der Waals surface area contributed by atoms with Crippen molar-refractivity contribution in [3.8, 4) is 5.75 Å². The quantitative estimate of drug-likeness (QED) is 0.360. The first-order chi connectivity index (χ1) is 13.5. The number of ether oxygens (including phenoxy) is 1. The maximum absolute atomic E-state index is 14.6. The first-order valence-electron chi connectivity index (χ1n) is 9.99. The Kier molecular flexibility index (Phi) is 6.82. The monoisotopic (exact) mass is 388 g/mol. The highest BCUT2D eigenvalue weighted by Crippen LogP contribution is 2.42. The number of halogens is 3. The van der Waals surface area contributed by atoms with Gasteiger partial charge in [0.15, 0.2) is 11.6 Å². The van der Waals surface area contributed by atoms with Crippen LogP contribution in [0.1, 0.15) is 67.1 Å². The van der Waals surface area contributed by atoms with Gasteiger partial charge in [0, 0.05) is 0 Å². The van der Waals surface area contributed by atoms with E-state index in [1.54, 1.807) is 31.2 Å². The number of benzene rings is 2. The molecule has 0 atom stereocenters. The van der Waals surface area contributed by atoms with E-state index in [1.165, 1.54) is 6.07 Å². The Balaban J connectivity index is 1.64. The van der Waals surface area contributed by atoms with Crippen LogP contribution in [-0.4, -0.2) is 6.61 Å². The summed E-state index contributed by atoms with van der Waals surface area (Å²) in [7, 11) is 0. The maximum atomic E-state index is 14.6. The van der Waals surface area contributed by atoms with Crippen LogP contribution in [0.25, 0.3) is 0 Å². The highest BCUT2D eigenvalue weighted by Gasteiger charge is 2.27. The van der Waals surface area contributed by atoms with E-state index in [4.69, 9.17) is 4.74 Å². The third-order valence-electron chi connectivity index (χ3n) is 5.72. The van der Waals surface area contributed by atoms with Crippen LogP contribution < -0.4 is 4.74 Å². The average Bonchev–Trinajstić information content (AvgIpc) is 2.71. The van der Waals surface area contributed by atoms with Gasteiger partial charge in [-0.25, -0.2) is 8.78 Å². The van der Waals surface area contributed by atoms with Gasteiger partial charge in [-0.15, -0.1) is 6.58 Å². The first kappa shape index (κ1) is 20.5. The van der Waals surface area contributed by atoms with Gasteiger partial charge < -0.3 is 4.74 Å². The molecule has 4 heteroatoms. The molecule has 0 saturated heterocycles. The highest BCUT2D eigenvalue weighted by molar-refractivity contribution is 5.34. The van der Waals surface area contributed by atoms with Crippen molar-refractivity contribution in [2.24, 2.45) is 0 Å². The number of aryl methyl sites for hydroxylation is 1. The van der Waals surface area contributed by atoms with Gasteiger partial charge in [-0.1, -0.05) is 24.3 Å². The van der Waals surface area contributed by atoms with Crippen molar-refractivity contribution < 1.29 is 17.9 Å². The van der Waals surface area contributed by atoms with Gasteiger partial charge in [0.1, 0.15) is 5.82 Å².